The lowest BCUT2D eigenvalue weighted by Gasteiger charge is -2.31. The van der Waals surface area contributed by atoms with Gasteiger partial charge in [0.2, 0.25) is 11.8 Å². The molecule has 1 aliphatic heterocycles. The van der Waals surface area contributed by atoms with Gasteiger partial charge < -0.3 is 10.2 Å². The summed E-state index contributed by atoms with van der Waals surface area (Å²) in [5, 5.41) is 4.02. The second-order valence-electron chi connectivity index (χ2n) is 7.93. The van der Waals surface area contributed by atoms with Crippen LogP contribution in [0.4, 0.5) is 5.69 Å². The Balaban J connectivity index is 1.19. The number of hydrogen-bond donors (Lipinski definition) is 1. The van der Waals surface area contributed by atoms with E-state index in [1.165, 1.54) is 4.70 Å². The lowest BCUT2D eigenvalue weighted by molar-refractivity contribution is -0.135. The second kappa shape index (κ2) is 7.59. The number of carbonyl (C=O) groups is 2. The van der Waals surface area contributed by atoms with E-state index < -0.39 is 0 Å². The van der Waals surface area contributed by atoms with E-state index in [1.807, 2.05) is 47.4 Å². The fourth-order valence-corrected chi connectivity index (χ4v) is 4.86. The Labute approximate surface area is 173 Å². The minimum Gasteiger partial charge on any atom is -0.342 e. The van der Waals surface area contributed by atoms with Crippen LogP contribution in [0.1, 0.15) is 25.7 Å². The molecule has 0 atom stereocenters. The van der Waals surface area contributed by atoms with Gasteiger partial charge in [-0.3, -0.25) is 9.59 Å². The summed E-state index contributed by atoms with van der Waals surface area (Å²) in [7, 11) is 0. The third-order valence-corrected chi connectivity index (χ3v) is 6.88. The number of carbonyl (C=O) groups excluding carboxylic acids is 2. The first-order chi connectivity index (χ1) is 14.2. The number of likely N-dealkylation sites (tertiary alicyclic amines) is 1. The fraction of sp³-hybridized carbons (Fsp3) is 0.348. The zero-order valence-electron chi connectivity index (χ0n) is 16.1. The number of benzene rings is 2. The Bertz CT molecular complexity index is 1010. The van der Waals surface area contributed by atoms with Crippen LogP contribution >= 0.6 is 11.3 Å². The second-order valence-corrected chi connectivity index (χ2v) is 8.96. The van der Waals surface area contributed by atoms with Gasteiger partial charge in [0.15, 0.2) is 0 Å². The molecular weight excluding hydrogens is 382 g/mol. The first kappa shape index (κ1) is 18.3. The van der Waals surface area contributed by atoms with E-state index in [4.69, 9.17) is 0 Å². The standard InChI is InChI=1S/C23H23N3O2S/c27-21(15-11-13-26(14-12-15)23(28)17-5-6-17)24-18-9-7-16(8-10-18)22-25-19-3-1-2-4-20(19)29-22/h1-4,7-10,15,17H,5-6,11-14H2,(H,24,27). The van der Waals surface area contributed by atoms with Crippen molar-refractivity contribution in [2.75, 3.05) is 18.4 Å². The maximum Gasteiger partial charge on any atom is 0.227 e. The number of fused-ring (bicyclic) bond motifs is 1. The van der Waals surface area contributed by atoms with Crippen LogP contribution in [0.3, 0.4) is 0 Å². The molecule has 2 aliphatic rings. The number of nitrogens with zero attached hydrogens (tertiary/aromatic N) is 2. The Morgan fingerprint density at radius 1 is 0.931 bits per heavy atom. The first-order valence-electron chi connectivity index (χ1n) is 10.2. The van der Waals surface area contributed by atoms with E-state index in [0.29, 0.717) is 13.1 Å². The highest BCUT2D eigenvalue weighted by Gasteiger charge is 2.35. The quantitative estimate of drug-likeness (QED) is 0.693. The Hall–Kier alpha value is -2.73. The van der Waals surface area contributed by atoms with Crippen LogP contribution in [0.25, 0.3) is 20.8 Å². The summed E-state index contributed by atoms with van der Waals surface area (Å²) in [6.45, 7) is 1.40. The summed E-state index contributed by atoms with van der Waals surface area (Å²) in [5.41, 5.74) is 2.86. The summed E-state index contributed by atoms with van der Waals surface area (Å²) in [4.78, 5) is 31.4. The molecule has 148 valence electrons. The van der Waals surface area contributed by atoms with Gasteiger partial charge in [-0.25, -0.2) is 4.98 Å². The maximum absolute atomic E-state index is 12.6. The van der Waals surface area contributed by atoms with Gasteiger partial charge in [-0.2, -0.15) is 0 Å². The monoisotopic (exact) mass is 405 g/mol. The van der Waals surface area contributed by atoms with Crippen molar-refractivity contribution in [3.63, 3.8) is 0 Å². The molecule has 2 fully saturated rings. The summed E-state index contributed by atoms with van der Waals surface area (Å²) >= 11 is 1.67. The van der Waals surface area contributed by atoms with Gasteiger partial charge in [-0.15, -0.1) is 11.3 Å². The predicted molar refractivity (Wildman–Crippen MR) is 116 cm³/mol. The Morgan fingerprint density at radius 3 is 2.34 bits per heavy atom. The smallest absolute Gasteiger partial charge is 0.227 e. The molecule has 3 aromatic rings. The van der Waals surface area contributed by atoms with Gasteiger partial charge in [0.25, 0.3) is 0 Å². The molecule has 0 unspecified atom stereocenters. The van der Waals surface area contributed by atoms with Crippen LogP contribution < -0.4 is 5.32 Å². The van der Waals surface area contributed by atoms with Crippen molar-refractivity contribution in [1.82, 2.24) is 9.88 Å². The van der Waals surface area contributed by atoms with E-state index >= 15 is 0 Å². The van der Waals surface area contributed by atoms with Crippen molar-refractivity contribution in [2.24, 2.45) is 11.8 Å². The van der Waals surface area contributed by atoms with Crippen molar-refractivity contribution >= 4 is 39.1 Å². The maximum atomic E-state index is 12.6. The number of anilines is 1. The van der Waals surface area contributed by atoms with E-state index in [0.717, 1.165) is 47.5 Å². The molecule has 1 aliphatic carbocycles. The van der Waals surface area contributed by atoms with Crippen molar-refractivity contribution in [1.29, 1.82) is 0 Å². The molecule has 29 heavy (non-hydrogen) atoms. The molecule has 2 amide bonds. The van der Waals surface area contributed by atoms with Gasteiger partial charge in [0.05, 0.1) is 10.2 Å². The number of amides is 2. The van der Waals surface area contributed by atoms with Gasteiger partial charge in [-0.1, -0.05) is 12.1 Å². The normalized spacial score (nSPS) is 17.4. The van der Waals surface area contributed by atoms with Crippen molar-refractivity contribution in [3.8, 4) is 10.6 Å². The van der Waals surface area contributed by atoms with E-state index in [1.54, 1.807) is 11.3 Å². The molecule has 1 saturated heterocycles. The number of para-hydroxylation sites is 1. The largest absolute Gasteiger partial charge is 0.342 e. The minimum absolute atomic E-state index is 0.0257. The molecule has 0 radical (unpaired) electrons. The minimum atomic E-state index is -0.0257. The molecule has 2 aromatic carbocycles. The van der Waals surface area contributed by atoms with Crippen LogP contribution in [0.2, 0.25) is 0 Å². The molecule has 1 aromatic heterocycles. The van der Waals surface area contributed by atoms with E-state index in [2.05, 4.69) is 16.4 Å². The van der Waals surface area contributed by atoms with Crippen LogP contribution in [0.5, 0.6) is 0 Å². The highest BCUT2D eigenvalue weighted by Crippen LogP contribution is 2.33. The number of thiazole rings is 1. The van der Waals surface area contributed by atoms with Crippen LogP contribution in [-0.2, 0) is 9.59 Å². The number of piperidine rings is 1. The molecule has 6 heteroatoms. The Morgan fingerprint density at radius 2 is 1.66 bits per heavy atom. The fourth-order valence-electron chi connectivity index (χ4n) is 3.89. The summed E-state index contributed by atoms with van der Waals surface area (Å²) in [5.74, 6) is 0.571. The van der Waals surface area contributed by atoms with Crippen LogP contribution in [-0.4, -0.2) is 34.8 Å². The molecule has 1 saturated carbocycles. The first-order valence-corrected chi connectivity index (χ1v) is 11.0. The zero-order valence-corrected chi connectivity index (χ0v) is 17.0. The molecule has 5 nitrogen and oxygen atoms in total. The van der Waals surface area contributed by atoms with Gasteiger partial charge in [0, 0.05) is 36.2 Å². The van der Waals surface area contributed by atoms with Gasteiger partial charge in [0.1, 0.15) is 5.01 Å². The van der Waals surface area contributed by atoms with Crippen molar-refractivity contribution in [2.45, 2.75) is 25.7 Å². The summed E-state index contributed by atoms with van der Waals surface area (Å²) in [6.07, 6.45) is 3.56. The average molecular weight is 406 g/mol. The van der Waals surface area contributed by atoms with Crippen LogP contribution in [0, 0.1) is 11.8 Å². The van der Waals surface area contributed by atoms with Crippen molar-refractivity contribution < 1.29 is 9.59 Å². The molecule has 1 N–H and O–H groups in total. The van der Waals surface area contributed by atoms with Gasteiger partial charge >= 0.3 is 0 Å². The number of nitrogens with one attached hydrogen (secondary N) is 1. The highest BCUT2D eigenvalue weighted by atomic mass is 32.1. The third-order valence-electron chi connectivity index (χ3n) is 5.80. The molecular formula is C23H23N3O2S. The summed E-state index contributed by atoms with van der Waals surface area (Å²) in [6, 6.07) is 16.0. The highest BCUT2D eigenvalue weighted by molar-refractivity contribution is 7.21. The molecule has 0 bridgehead atoms. The molecule has 0 spiro atoms. The molecule has 5 rings (SSSR count). The lowest BCUT2D eigenvalue weighted by Crippen LogP contribution is -2.42. The number of hydrogen-bond acceptors (Lipinski definition) is 4. The zero-order chi connectivity index (χ0) is 19.8. The number of rotatable bonds is 4. The Kier molecular flexibility index (Phi) is 4.79. The van der Waals surface area contributed by atoms with Crippen molar-refractivity contribution in [3.05, 3.63) is 48.5 Å². The van der Waals surface area contributed by atoms with E-state index in [-0.39, 0.29) is 23.7 Å². The molecule has 2 heterocycles. The van der Waals surface area contributed by atoms with Crippen LogP contribution in [0.15, 0.2) is 48.5 Å². The van der Waals surface area contributed by atoms with E-state index in [9.17, 15) is 9.59 Å². The topological polar surface area (TPSA) is 62.3 Å². The van der Waals surface area contributed by atoms with Gasteiger partial charge in [-0.05, 0) is 62.1 Å². The summed E-state index contributed by atoms with van der Waals surface area (Å²) < 4.78 is 1.17. The predicted octanol–water partition coefficient (Wildman–Crippen LogP) is 4.55. The lowest BCUT2D eigenvalue weighted by atomic mass is 9.95. The average Bonchev–Trinajstić information content (AvgIpc) is 3.52. The number of aromatic nitrogens is 1. The SMILES string of the molecule is O=C(Nc1ccc(-c2nc3ccccc3s2)cc1)C1CCN(C(=O)C2CC2)CC1. The third kappa shape index (κ3) is 3.90.